The van der Waals surface area contributed by atoms with Crippen LogP contribution in [0.4, 0.5) is 5.95 Å². The molecule has 0 aliphatic carbocycles. The van der Waals surface area contributed by atoms with E-state index in [-0.39, 0.29) is 5.91 Å². The molecule has 1 saturated heterocycles. The number of nitrogens with zero attached hydrogens (tertiary/aromatic N) is 4. The summed E-state index contributed by atoms with van der Waals surface area (Å²) >= 11 is 4.98. The van der Waals surface area contributed by atoms with Crippen molar-refractivity contribution in [1.82, 2.24) is 20.2 Å². The van der Waals surface area contributed by atoms with Crippen LogP contribution >= 0.6 is 27.3 Å². The van der Waals surface area contributed by atoms with E-state index in [1.807, 2.05) is 30.3 Å². The van der Waals surface area contributed by atoms with Gasteiger partial charge in [0.25, 0.3) is 5.91 Å². The molecule has 1 amide bonds. The molecular weight excluding hydrogens is 462 g/mol. The Kier molecular flexibility index (Phi) is 7.09. The number of anilines is 1. The molecule has 0 radical (unpaired) electrons. The minimum atomic E-state index is 0.00871. The van der Waals surface area contributed by atoms with Crippen molar-refractivity contribution in [3.05, 3.63) is 64.2 Å². The molecular formula is C22H24BrN5OS. The highest BCUT2D eigenvalue weighted by Crippen LogP contribution is 2.29. The van der Waals surface area contributed by atoms with Gasteiger partial charge in [0.15, 0.2) is 0 Å². The quantitative estimate of drug-likeness (QED) is 0.514. The summed E-state index contributed by atoms with van der Waals surface area (Å²) in [7, 11) is 0. The summed E-state index contributed by atoms with van der Waals surface area (Å²) in [5.74, 6) is 0.817. The Morgan fingerprint density at radius 1 is 1.03 bits per heavy atom. The maximum atomic E-state index is 12.5. The molecule has 0 unspecified atom stereocenters. The third-order valence-electron chi connectivity index (χ3n) is 5.10. The van der Waals surface area contributed by atoms with Crippen molar-refractivity contribution in [1.29, 1.82) is 0 Å². The Hall–Kier alpha value is -2.29. The first-order valence-electron chi connectivity index (χ1n) is 10.1. The number of piperazine rings is 1. The van der Waals surface area contributed by atoms with Gasteiger partial charge in [0.1, 0.15) is 0 Å². The number of amides is 1. The lowest BCUT2D eigenvalue weighted by atomic mass is 10.2. The van der Waals surface area contributed by atoms with E-state index < -0.39 is 0 Å². The monoisotopic (exact) mass is 485 g/mol. The molecule has 8 heteroatoms. The first kappa shape index (κ1) is 21.0. The number of rotatable bonds is 7. The second-order valence-corrected chi connectivity index (χ2v) is 9.16. The second-order valence-electron chi connectivity index (χ2n) is 7.16. The molecule has 1 N–H and O–H groups in total. The number of hydrogen-bond donors (Lipinski definition) is 1. The molecule has 2 aromatic heterocycles. The number of aromatic nitrogens is 2. The van der Waals surface area contributed by atoms with E-state index >= 15 is 0 Å². The minimum Gasteiger partial charge on any atom is -0.351 e. The van der Waals surface area contributed by atoms with Crippen molar-refractivity contribution in [3.63, 3.8) is 0 Å². The molecule has 6 nitrogen and oxygen atoms in total. The highest BCUT2D eigenvalue weighted by atomic mass is 79.9. The fourth-order valence-electron chi connectivity index (χ4n) is 3.45. The summed E-state index contributed by atoms with van der Waals surface area (Å²) in [5.41, 5.74) is 1.13. The van der Waals surface area contributed by atoms with Crippen molar-refractivity contribution in [2.24, 2.45) is 0 Å². The molecule has 0 atom stereocenters. The zero-order chi connectivity index (χ0) is 20.8. The SMILES string of the molecule is O=C(NCCCN1CCN(c2ncccn2)CC1)c1ccc(-c2ccc(Br)cc2)s1. The standard InChI is InChI=1S/C22H24BrN5OS/c23-18-5-3-17(4-6-18)19-7-8-20(30-19)21(29)24-11-2-12-27-13-15-28(16-14-27)22-25-9-1-10-26-22/h1,3-10H,2,11-16H2,(H,24,29). The van der Waals surface area contributed by atoms with E-state index in [1.165, 1.54) is 11.3 Å². The Balaban J connectivity index is 1.17. The number of carbonyl (C=O) groups excluding carboxylic acids is 1. The predicted octanol–water partition coefficient (Wildman–Crippen LogP) is 3.91. The average Bonchev–Trinajstić information content (AvgIpc) is 3.28. The van der Waals surface area contributed by atoms with E-state index in [0.717, 1.165) is 64.9 Å². The van der Waals surface area contributed by atoms with Crippen molar-refractivity contribution < 1.29 is 4.79 Å². The molecule has 1 aliphatic heterocycles. The Labute approximate surface area is 189 Å². The largest absolute Gasteiger partial charge is 0.351 e. The van der Waals surface area contributed by atoms with Gasteiger partial charge in [0.2, 0.25) is 5.95 Å². The lowest BCUT2D eigenvalue weighted by molar-refractivity contribution is 0.0955. The number of thiophene rings is 1. The number of benzene rings is 1. The summed E-state index contributed by atoms with van der Waals surface area (Å²) in [6.07, 6.45) is 4.51. The second kappa shape index (κ2) is 10.1. The fourth-order valence-corrected chi connectivity index (χ4v) is 4.64. The van der Waals surface area contributed by atoms with Crippen molar-refractivity contribution in [2.45, 2.75) is 6.42 Å². The topological polar surface area (TPSA) is 61.4 Å². The maximum Gasteiger partial charge on any atom is 0.261 e. The third-order valence-corrected chi connectivity index (χ3v) is 6.76. The Morgan fingerprint density at radius 2 is 1.77 bits per heavy atom. The van der Waals surface area contributed by atoms with Crippen LogP contribution in [-0.2, 0) is 0 Å². The normalized spacial score (nSPS) is 14.6. The molecule has 3 aromatic rings. The molecule has 3 heterocycles. The van der Waals surface area contributed by atoms with Gasteiger partial charge in [-0.3, -0.25) is 9.69 Å². The molecule has 1 aromatic carbocycles. The zero-order valence-electron chi connectivity index (χ0n) is 16.6. The molecule has 1 fully saturated rings. The molecule has 4 rings (SSSR count). The summed E-state index contributed by atoms with van der Waals surface area (Å²) in [6, 6.07) is 13.9. The average molecular weight is 486 g/mol. The smallest absolute Gasteiger partial charge is 0.261 e. The van der Waals surface area contributed by atoms with Crippen LogP contribution in [0.2, 0.25) is 0 Å². The summed E-state index contributed by atoms with van der Waals surface area (Å²) < 4.78 is 1.05. The van der Waals surface area contributed by atoms with Gasteiger partial charge in [-0.25, -0.2) is 9.97 Å². The summed E-state index contributed by atoms with van der Waals surface area (Å²) in [4.78, 5) is 27.6. The van der Waals surface area contributed by atoms with E-state index in [1.54, 1.807) is 12.4 Å². The highest BCUT2D eigenvalue weighted by Gasteiger charge is 2.18. The lowest BCUT2D eigenvalue weighted by Crippen LogP contribution is -2.47. The van der Waals surface area contributed by atoms with Crippen molar-refractivity contribution in [3.8, 4) is 10.4 Å². The van der Waals surface area contributed by atoms with E-state index in [2.05, 4.69) is 53.1 Å². The van der Waals surface area contributed by atoms with Gasteiger partial charge < -0.3 is 10.2 Å². The minimum absolute atomic E-state index is 0.00871. The molecule has 30 heavy (non-hydrogen) atoms. The van der Waals surface area contributed by atoms with Gasteiger partial charge in [-0.1, -0.05) is 28.1 Å². The number of nitrogens with one attached hydrogen (secondary N) is 1. The van der Waals surface area contributed by atoms with Gasteiger partial charge in [0, 0.05) is 54.5 Å². The number of hydrogen-bond acceptors (Lipinski definition) is 6. The summed E-state index contributed by atoms with van der Waals surface area (Å²) in [5, 5.41) is 3.05. The first-order chi connectivity index (χ1) is 14.7. The Morgan fingerprint density at radius 3 is 2.50 bits per heavy atom. The van der Waals surface area contributed by atoms with Crippen LogP contribution in [0.5, 0.6) is 0 Å². The van der Waals surface area contributed by atoms with Crippen LogP contribution in [0, 0.1) is 0 Å². The van der Waals surface area contributed by atoms with Crippen LogP contribution in [-0.4, -0.2) is 60.0 Å². The maximum absolute atomic E-state index is 12.5. The molecule has 0 spiro atoms. The molecule has 1 aliphatic rings. The molecule has 0 bridgehead atoms. The summed E-state index contributed by atoms with van der Waals surface area (Å²) in [6.45, 7) is 5.53. The highest BCUT2D eigenvalue weighted by molar-refractivity contribution is 9.10. The molecule has 156 valence electrons. The van der Waals surface area contributed by atoms with Gasteiger partial charge in [-0.05, 0) is 48.9 Å². The first-order valence-corrected chi connectivity index (χ1v) is 11.7. The zero-order valence-corrected chi connectivity index (χ0v) is 19.0. The Bertz CT molecular complexity index is 955. The van der Waals surface area contributed by atoms with Crippen LogP contribution < -0.4 is 10.2 Å². The number of carbonyl (C=O) groups is 1. The lowest BCUT2D eigenvalue weighted by Gasteiger charge is -2.34. The van der Waals surface area contributed by atoms with Crippen molar-refractivity contribution in [2.75, 3.05) is 44.2 Å². The third kappa shape index (κ3) is 5.44. The number of halogens is 1. The van der Waals surface area contributed by atoms with E-state index in [9.17, 15) is 4.79 Å². The van der Waals surface area contributed by atoms with Crippen LogP contribution in [0.3, 0.4) is 0 Å². The van der Waals surface area contributed by atoms with Crippen LogP contribution in [0.15, 0.2) is 59.3 Å². The van der Waals surface area contributed by atoms with Gasteiger partial charge in [-0.15, -0.1) is 11.3 Å². The van der Waals surface area contributed by atoms with E-state index in [4.69, 9.17) is 0 Å². The predicted molar refractivity (Wildman–Crippen MR) is 125 cm³/mol. The van der Waals surface area contributed by atoms with Crippen molar-refractivity contribution >= 4 is 39.1 Å². The van der Waals surface area contributed by atoms with Gasteiger partial charge in [0.05, 0.1) is 4.88 Å². The molecule has 0 saturated carbocycles. The van der Waals surface area contributed by atoms with Gasteiger partial charge in [-0.2, -0.15) is 0 Å². The van der Waals surface area contributed by atoms with E-state index in [0.29, 0.717) is 6.54 Å². The fraction of sp³-hybridized carbons (Fsp3) is 0.318. The van der Waals surface area contributed by atoms with Crippen LogP contribution in [0.25, 0.3) is 10.4 Å². The van der Waals surface area contributed by atoms with Gasteiger partial charge >= 0.3 is 0 Å². The van der Waals surface area contributed by atoms with Crippen LogP contribution in [0.1, 0.15) is 16.1 Å².